The molecule has 0 aliphatic carbocycles. The zero-order valence-electron chi connectivity index (χ0n) is 11.1. The highest BCUT2D eigenvalue weighted by Crippen LogP contribution is 2.28. The summed E-state index contributed by atoms with van der Waals surface area (Å²) >= 11 is 5.88. The summed E-state index contributed by atoms with van der Waals surface area (Å²) in [5, 5.41) is 9.12. The maximum absolute atomic E-state index is 12.5. The summed E-state index contributed by atoms with van der Waals surface area (Å²) in [6.45, 7) is 3.94. The number of sulfonamides is 1. The van der Waals surface area contributed by atoms with E-state index in [9.17, 15) is 8.42 Å². The number of nitrogens with two attached hydrogens (primary N) is 1. The van der Waals surface area contributed by atoms with Crippen LogP contribution in [0.3, 0.4) is 0 Å². The molecule has 0 unspecified atom stereocenters. The van der Waals surface area contributed by atoms with E-state index in [1.165, 1.54) is 16.4 Å². The van der Waals surface area contributed by atoms with E-state index in [0.29, 0.717) is 29.2 Å². The average molecular weight is 307 g/mol. The molecule has 108 valence electrons. The minimum atomic E-state index is -3.64. The van der Waals surface area contributed by atoms with Crippen molar-refractivity contribution < 1.29 is 13.5 Å². The molecule has 0 aromatic heterocycles. The Morgan fingerprint density at radius 2 is 2.05 bits per heavy atom. The van der Waals surface area contributed by atoms with Gasteiger partial charge in [0.05, 0.1) is 4.90 Å². The lowest BCUT2D eigenvalue weighted by Crippen LogP contribution is -2.32. The molecule has 0 bridgehead atoms. The van der Waals surface area contributed by atoms with E-state index in [1.807, 2.05) is 0 Å². The highest BCUT2D eigenvalue weighted by atomic mass is 35.5. The number of hydrogen-bond donors (Lipinski definition) is 2. The van der Waals surface area contributed by atoms with Gasteiger partial charge >= 0.3 is 0 Å². The molecule has 0 aliphatic heterocycles. The number of rotatable bonds is 6. The van der Waals surface area contributed by atoms with Crippen LogP contribution >= 0.6 is 11.6 Å². The van der Waals surface area contributed by atoms with Gasteiger partial charge in [-0.05, 0) is 31.0 Å². The van der Waals surface area contributed by atoms with E-state index in [2.05, 4.69) is 0 Å². The van der Waals surface area contributed by atoms with E-state index in [0.717, 1.165) is 0 Å². The minimum absolute atomic E-state index is 0.0529. The van der Waals surface area contributed by atoms with E-state index >= 15 is 0 Å². The van der Waals surface area contributed by atoms with Crippen LogP contribution in [0.4, 0.5) is 5.69 Å². The predicted molar refractivity (Wildman–Crippen MR) is 76.7 cm³/mol. The van der Waals surface area contributed by atoms with Crippen molar-refractivity contribution in [2.24, 2.45) is 0 Å². The minimum Gasteiger partial charge on any atom is -0.398 e. The molecule has 5 nitrogen and oxygen atoms in total. The number of anilines is 1. The molecule has 0 amide bonds. The quantitative estimate of drug-likeness (QED) is 0.782. The third-order valence-electron chi connectivity index (χ3n) is 2.90. The molecule has 7 heteroatoms. The van der Waals surface area contributed by atoms with Gasteiger partial charge in [-0.3, -0.25) is 0 Å². The molecule has 1 aromatic rings. The zero-order chi connectivity index (χ0) is 14.6. The van der Waals surface area contributed by atoms with Crippen molar-refractivity contribution in [3.05, 3.63) is 22.7 Å². The molecule has 1 aromatic carbocycles. The Kier molecular flexibility index (Phi) is 5.61. The lowest BCUT2D eigenvalue weighted by Gasteiger charge is -2.21. The second-order valence-corrected chi connectivity index (χ2v) is 6.53. The monoisotopic (exact) mass is 306 g/mol. The Morgan fingerprint density at radius 3 is 2.58 bits per heavy atom. The molecule has 0 heterocycles. The second kappa shape index (κ2) is 6.56. The predicted octanol–water partition coefficient (Wildman–Crippen LogP) is 1.62. The van der Waals surface area contributed by atoms with Crippen LogP contribution in [0.25, 0.3) is 0 Å². The molecule has 0 fully saturated rings. The van der Waals surface area contributed by atoms with Crippen molar-refractivity contribution in [2.75, 3.05) is 25.4 Å². The Hall–Kier alpha value is -0.820. The van der Waals surface area contributed by atoms with E-state index in [-0.39, 0.29) is 18.0 Å². The molecule has 19 heavy (non-hydrogen) atoms. The van der Waals surface area contributed by atoms with Gasteiger partial charge in [0.15, 0.2) is 0 Å². The largest absolute Gasteiger partial charge is 0.398 e. The number of benzene rings is 1. The van der Waals surface area contributed by atoms with Gasteiger partial charge in [0.25, 0.3) is 0 Å². The number of halogens is 1. The van der Waals surface area contributed by atoms with Crippen LogP contribution in [0.1, 0.15) is 18.9 Å². The normalized spacial score (nSPS) is 12.1. The highest BCUT2D eigenvalue weighted by Gasteiger charge is 2.25. The Bertz CT molecular complexity index is 546. The third kappa shape index (κ3) is 3.60. The van der Waals surface area contributed by atoms with Crippen LogP contribution < -0.4 is 5.73 Å². The number of aliphatic hydroxyl groups is 1. The summed E-state index contributed by atoms with van der Waals surface area (Å²) < 4.78 is 26.4. The van der Waals surface area contributed by atoms with Gasteiger partial charge in [0.1, 0.15) is 0 Å². The van der Waals surface area contributed by atoms with Gasteiger partial charge in [-0.2, -0.15) is 4.31 Å². The standard InChI is InChI=1S/C12H19ClN2O3S/c1-3-15(5-4-6-16)19(17,18)12-8-10(13)7-11(14)9(12)2/h7-8,16H,3-6,14H2,1-2H3. The molecule has 1 rings (SSSR count). The average Bonchev–Trinajstić information content (AvgIpc) is 2.34. The maximum atomic E-state index is 12.5. The molecule has 0 spiro atoms. The number of hydrogen-bond acceptors (Lipinski definition) is 4. The van der Waals surface area contributed by atoms with Gasteiger partial charge in [-0.15, -0.1) is 0 Å². The number of aliphatic hydroxyl groups excluding tert-OH is 1. The summed E-state index contributed by atoms with van der Waals surface area (Å²) in [6.07, 6.45) is 0.391. The molecule has 3 N–H and O–H groups in total. The summed E-state index contributed by atoms with van der Waals surface area (Å²) in [7, 11) is -3.64. The smallest absolute Gasteiger partial charge is 0.243 e. The van der Waals surface area contributed by atoms with Crippen molar-refractivity contribution in [1.29, 1.82) is 0 Å². The van der Waals surface area contributed by atoms with Crippen LogP contribution in [0.5, 0.6) is 0 Å². The molecule has 0 atom stereocenters. The first kappa shape index (κ1) is 16.2. The van der Waals surface area contributed by atoms with Gasteiger partial charge in [0.2, 0.25) is 10.0 Å². The SMILES string of the molecule is CCN(CCCO)S(=O)(=O)c1cc(Cl)cc(N)c1C. The fourth-order valence-electron chi connectivity index (χ4n) is 1.78. The van der Waals surface area contributed by atoms with Crippen molar-refractivity contribution in [3.63, 3.8) is 0 Å². The molecule has 0 aliphatic rings. The second-order valence-electron chi connectivity index (χ2n) is 4.19. The Labute approximate surface area is 119 Å². The molecular weight excluding hydrogens is 288 g/mol. The first-order chi connectivity index (χ1) is 8.84. The van der Waals surface area contributed by atoms with Gasteiger partial charge in [-0.25, -0.2) is 8.42 Å². The van der Waals surface area contributed by atoms with Crippen molar-refractivity contribution in [3.8, 4) is 0 Å². The van der Waals surface area contributed by atoms with Crippen molar-refractivity contribution >= 4 is 27.3 Å². The summed E-state index contributed by atoms with van der Waals surface area (Å²) in [5.74, 6) is 0. The lowest BCUT2D eigenvalue weighted by atomic mass is 10.2. The number of nitrogens with zero attached hydrogens (tertiary/aromatic N) is 1. The van der Waals surface area contributed by atoms with Crippen LogP contribution in [0.15, 0.2) is 17.0 Å². The first-order valence-corrected chi connectivity index (χ1v) is 7.83. The van der Waals surface area contributed by atoms with Gasteiger partial charge in [-0.1, -0.05) is 18.5 Å². The van der Waals surface area contributed by atoms with Crippen LogP contribution in [0, 0.1) is 6.92 Å². The Balaban J connectivity index is 3.25. The molecule has 0 saturated carbocycles. The van der Waals surface area contributed by atoms with Crippen LogP contribution in [0.2, 0.25) is 5.02 Å². The van der Waals surface area contributed by atoms with E-state index < -0.39 is 10.0 Å². The molecule has 0 radical (unpaired) electrons. The number of nitrogen functional groups attached to an aromatic ring is 1. The molecular formula is C12H19ClN2O3S. The topological polar surface area (TPSA) is 83.6 Å². The summed E-state index contributed by atoms with van der Waals surface area (Å²) in [5.41, 5.74) is 6.60. The zero-order valence-corrected chi connectivity index (χ0v) is 12.6. The van der Waals surface area contributed by atoms with Gasteiger partial charge < -0.3 is 10.8 Å². The van der Waals surface area contributed by atoms with E-state index in [1.54, 1.807) is 13.8 Å². The Morgan fingerprint density at radius 1 is 1.42 bits per heavy atom. The highest BCUT2D eigenvalue weighted by molar-refractivity contribution is 7.89. The summed E-state index contributed by atoms with van der Waals surface area (Å²) in [6, 6.07) is 2.93. The fourth-order valence-corrected chi connectivity index (χ4v) is 3.84. The maximum Gasteiger partial charge on any atom is 0.243 e. The third-order valence-corrected chi connectivity index (χ3v) is 5.22. The van der Waals surface area contributed by atoms with Crippen molar-refractivity contribution in [2.45, 2.75) is 25.2 Å². The first-order valence-electron chi connectivity index (χ1n) is 6.01. The fraction of sp³-hybridized carbons (Fsp3) is 0.500. The van der Waals surface area contributed by atoms with Crippen LogP contribution in [-0.2, 0) is 10.0 Å². The van der Waals surface area contributed by atoms with Gasteiger partial charge in [0, 0.05) is 30.4 Å². The van der Waals surface area contributed by atoms with E-state index in [4.69, 9.17) is 22.4 Å². The lowest BCUT2D eigenvalue weighted by molar-refractivity contribution is 0.271. The van der Waals surface area contributed by atoms with Crippen LogP contribution in [-0.4, -0.2) is 37.5 Å². The molecule has 0 saturated heterocycles. The summed E-state index contributed by atoms with van der Waals surface area (Å²) in [4.78, 5) is 0.122. The van der Waals surface area contributed by atoms with Crippen molar-refractivity contribution in [1.82, 2.24) is 4.31 Å².